The topological polar surface area (TPSA) is 52.6 Å². The van der Waals surface area contributed by atoms with E-state index in [-0.39, 0.29) is 22.1 Å². The van der Waals surface area contributed by atoms with Crippen molar-refractivity contribution in [1.29, 1.82) is 0 Å². The number of aliphatic hydroxyl groups is 1. The molecule has 1 saturated heterocycles. The zero-order valence-corrected chi connectivity index (χ0v) is 17.1. The van der Waals surface area contributed by atoms with E-state index in [0.717, 1.165) is 12.1 Å². The molecule has 0 radical (unpaired) electrons. The lowest BCUT2D eigenvalue weighted by molar-refractivity contribution is -0.0107. The quantitative estimate of drug-likeness (QED) is 0.739. The molecular formula is C20H32N2O2S. The van der Waals surface area contributed by atoms with Crippen molar-refractivity contribution in [2.75, 3.05) is 18.4 Å². The van der Waals surface area contributed by atoms with Crippen LogP contribution in [0.25, 0.3) is 0 Å². The number of β-amino-alcohol motifs (C(OH)–C–C–N with tert-alkyl or cyclic N) is 1. The van der Waals surface area contributed by atoms with Gasteiger partial charge >= 0.3 is 6.03 Å². The van der Waals surface area contributed by atoms with Crippen LogP contribution in [0.4, 0.5) is 10.5 Å². The minimum absolute atomic E-state index is 0.0581. The molecule has 2 unspecified atom stereocenters. The molecule has 0 aliphatic carbocycles. The molecule has 1 aliphatic rings. The predicted molar refractivity (Wildman–Crippen MR) is 106 cm³/mol. The van der Waals surface area contributed by atoms with Crippen LogP contribution in [0.15, 0.2) is 29.2 Å². The van der Waals surface area contributed by atoms with Crippen molar-refractivity contribution < 1.29 is 9.90 Å². The number of amides is 2. The number of benzene rings is 1. The molecule has 1 aromatic carbocycles. The summed E-state index contributed by atoms with van der Waals surface area (Å²) in [6, 6.07) is 7.80. The normalized spacial score (nSPS) is 22.0. The number of anilines is 1. The number of nitrogens with one attached hydrogen (secondary N) is 1. The zero-order valence-electron chi connectivity index (χ0n) is 16.3. The predicted octanol–water partition coefficient (Wildman–Crippen LogP) is 4.84. The van der Waals surface area contributed by atoms with Gasteiger partial charge in [-0.2, -0.15) is 0 Å². The molecule has 1 fully saturated rings. The molecular weight excluding hydrogens is 332 g/mol. The first-order chi connectivity index (χ1) is 11.5. The molecule has 2 N–H and O–H groups in total. The molecule has 0 aromatic heterocycles. The highest BCUT2D eigenvalue weighted by Crippen LogP contribution is 2.35. The summed E-state index contributed by atoms with van der Waals surface area (Å²) in [4.78, 5) is 15.4. The van der Waals surface area contributed by atoms with E-state index in [2.05, 4.69) is 46.9 Å². The Morgan fingerprint density at radius 1 is 1.16 bits per heavy atom. The molecule has 0 spiro atoms. The Balaban J connectivity index is 1.92. The lowest BCUT2D eigenvalue weighted by atomic mass is 9.74. The van der Waals surface area contributed by atoms with Gasteiger partial charge in [0.1, 0.15) is 0 Å². The van der Waals surface area contributed by atoms with Gasteiger partial charge in [-0.15, -0.1) is 11.8 Å². The van der Waals surface area contributed by atoms with E-state index in [0.29, 0.717) is 13.1 Å². The van der Waals surface area contributed by atoms with E-state index in [1.807, 2.05) is 24.3 Å². The summed E-state index contributed by atoms with van der Waals surface area (Å²) in [7, 11) is 0. The van der Waals surface area contributed by atoms with Crippen molar-refractivity contribution in [2.45, 2.75) is 63.7 Å². The van der Waals surface area contributed by atoms with Crippen molar-refractivity contribution in [2.24, 2.45) is 11.3 Å². The smallest absolute Gasteiger partial charge is 0.321 e. The third-order valence-corrected chi connectivity index (χ3v) is 5.63. The van der Waals surface area contributed by atoms with Gasteiger partial charge in [0.05, 0.1) is 6.10 Å². The van der Waals surface area contributed by atoms with Crippen molar-refractivity contribution in [3.8, 4) is 0 Å². The molecule has 140 valence electrons. The molecule has 0 saturated carbocycles. The Hall–Kier alpha value is -1.20. The summed E-state index contributed by atoms with van der Waals surface area (Å²) < 4.78 is 0.165. The van der Waals surface area contributed by atoms with E-state index < -0.39 is 6.10 Å². The largest absolute Gasteiger partial charge is 0.391 e. The molecule has 5 heteroatoms. The number of hydrogen-bond donors (Lipinski definition) is 2. The first kappa shape index (κ1) is 20.1. The van der Waals surface area contributed by atoms with Gasteiger partial charge in [0, 0.05) is 28.4 Å². The van der Waals surface area contributed by atoms with Crippen LogP contribution in [-0.2, 0) is 0 Å². The summed E-state index contributed by atoms with van der Waals surface area (Å²) in [6.45, 7) is 14.1. The van der Waals surface area contributed by atoms with Crippen LogP contribution in [0.5, 0.6) is 0 Å². The maximum absolute atomic E-state index is 12.5. The molecule has 2 amide bonds. The number of likely N-dealkylation sites (tertiary alicyclic amines) is 1. The lowest BCUT2D eigenvalue weighted by Gasteiger charge is -2.42. The van der Waals surface area contributed by atoms with E-state index in [1.54, 1.807) is 16.7 Å². The van der Waals surface area contributed by atoms with Gasteiger partial charge in [-0.05, 0) is 42.0 Å². The minimum Gasteiger partial charge on any atom is -0.391 e. The summed E-state index contributed by atoms with van der Waals surface area (Å²) in [5.74, 6) is 0.227. The van der Waals surface area contributed by atoms with E-state index in [1.165, 1.54) is 4.90 Å². The Kier molecular flexibility index (Phi) is 6.10. The molecule has 4 nitrogen and oxygen atoms in total. The van der Waals surface area contributed by atoms with Crippen molar-refractivity contribution in [1.82, 2.24) is 4.90 Å². The van der Waals surface area contributed by atoms with Crippen LogP contribution >= 0.6 is 11.8 Å². The summed E-state index contributed by atoms with van der Waals surface area (Å²) in [6.07, 6.45) is 0.365. The van der Waals surface area contributed by atoms with E-state index in [4.69, 9.17) is 0 Å². The highest BCUT2D eigenvalue weighted by molar-refractivity contribution is 8.00. The number of nitrogens with zero attached hydrogens (tertiary/aromatic N) is 1. The molecule has 25 heavy (non-hydrogen) atoms. The van der Waals surface area contributed by atoms with Crippen molar-refractivity contribution in [3.05, 3.63) is 24.3 Å². The van der Waals surface area contributed by atoms with E-state index in [9.17, 15) is 9.90 Å². The second kappa shape index (κ2) is 7.58. The van der Waals surface area contributed by atoms with Gasteiger partial charge in [0.25, 0.3) is 0 Å². The van der Waals surface area contributed by atoms with Crippen LogP contribution in [0.1, 0.15) is 48.0 Å². The van der Waals surface area contributed by atoms with Crippen LogP contribution in [-0.4, -0.2) is 40.0 Å². The number of hydrogen-bond acceptors (Lipinski definition) is 3. The summed E-state index contributed by atoms with van der Waals surface area (Å²) in [5, 5.41) is 13.4. The number of aliphatic hydroxyl groups excluding tert-OH is 1. The number of carbonyl (C=O) groups excluding carboxylic acids is 1. The van der Waals surface area contributed by atoms with Crippen LogP contribution < -0.4 is 5.32 Å². The highest BCUT2D eigenvalue weighted by Gasteiger charge is 2.37. The molecule has 2 atom stereocenters. The highest BCUT2D eigenvalue weighted by atomic mass is 32.2. The molecule has 1 aliphatic heterocycles. The van der Waals surface area contributed by atoms with Gasteiger partial charge in [0.15, 0.2) is 0 Å². The zero-order chi connectivity index (χ0) is 18.8. The van der Waals surface area contributed by atoms with Gasteiger partial charge < -0.3 is 15.3 Å². The Morgan fingerprint density at radius 2 is 1.76 bits per heavy atom. The van der Waals surface area contributed by atoms with Crippen molar-refractivity contribution in [3.63, 3.8) is 0 Å². The molecule has 1 heterocycles. The number of piperidine rings is 1. The lowest BCUT2D eigenvalue weighted by Crippen LogP contribution is -2.51. The van der Waals surface area contributed by atoms with Gasteiger partial charge in [-0.25, -0.2) is 4.79 Å². The molecule has 0 bridgehead atoms. The second-order valence-electron chi connectivity index (χ2n) is 8.94. The Labute approximate surface area is 156 Å². The minimum atomic E-state index is -0.468. The third kappa shape index (κ3) is 5.93. The number of carbonyl (C=O) groups is 1. The fourth-order valence-corrected chi connectivity index (χ4v) is 4.27. The average molecular weight is 365 g/mol. The van der Waals surface area contributed by atoms with Gasteiger partial charge in [-0.1, -0.05) is 41.5 Å². The first-order valence-corrected chi connectivity index (χ1v) is 9.80. The Morgan fingerprint density at radius 3 is 2.24 bits per heavy atom. The van der Waals surface area contributed by atoms with Crippen molar-refractivity contribution >= 4 is 23.5 Å². The fraction of sp³-hybridized carbons (Fsp3) is 0.650. The number of thioether (sulfide) groups is 1. The van der Waals surface area contributed by atoms with Crippen LogP contribution in [0, 0.1) is 11.3 Å². The average Bonchev–Trinajstić information content (AvgIpc) is 2.46. The van der Waals surface area contributed by atoms with Gasteiger partial charge in [0.2, 0.25) is 0 Å². The summed E-state index contributed by atoms with van der Waals surface area (Å²) >= 11 is 1.80. The monoisotopic (exact) mass is 364 g/mol. The van der Waals surface area contributed by atoms with Gasteiger partial charge in [-0.3, -0.25) is 0 Å². The third-order valence-electron chi connectivity index (χ3n) is 4.51. The summed E-state index contributed by atoms with van der Waals surface area (Å²) in [5.41, 5.74) is 0.846. The van der Waals surface area contributed by atoms with E-state index >= 15 is 0 Å². The first-order valence-electron chi connectivity index (χ1n) is 8.99. The maximum Gasteiger partial charge on any atom is 0.321 e. The number of urea groups is 1. The van der Waals surface area contributed by atoms with Crippen LogP contribution in [0.2, 0.25) is 0 Å². The fourth-order valence-electron chi connectivity index (χ4n) is 3.29. The second-order valence-corrected chi connectivity index (χ2v) is 10.8. The molecule has 1 aromatic rings. The maximum atomic E-state index is 12.5. The Bertz CT molecular complexity index is 587. The SMILES string of the molecule is CC(C)(C)Sc1ccc(NC(=O)N2CCC(C(C)(C)C)C(O)C2)cc1. The number of rotatable bonds is 2. The van der Waals surface area contributed by atoms with Crippen LogP contribution in [0.3, 0.4) is 0 Å². The molecule has 2 rings (SSSR count). The standard InChI is InChI=1S/C20H32N2O2S/c1-19(2,3)16-11-12-22(13-17(16)23)18(24)21-14-7-9-15(10-8-14)25-20(4,5)6/h7-10,16-17,23H,11-13H2,1-6H3,(H,21,24).